The number of carbonyl (C=O) groups is 2. The van der Waals surface area contributed by atoms with Crippen molar-refractivity contribution in [1.29, 1.82) is 0 Å². The van der Waals surface area contributed by atoms with Gasteiger partial charge in [-0.3, -0.25) is 9.59 Å². The van der Waals surface area contributed by atoms with Crippen LogP contribution < -0.4 is 11.1 Å². The molecule has 2 rings (SSSR count). The largest absolute Gasteiger partial charge is 0.444 e. The molecule has 0 atom stereocenters. The van der Waals surface area contributed by atoms with Gasteiger partial charge in [0.15, 0.2) is 10.4 Å². The SMILES string of the molecule is NC(=O)c1cc(NC(=O)c2ccc(Br)o2)ccc1F. The minimum absolute atomic E-state index is 0.0804. The standard InChI is InChI=1S/C12H8BrFN2O3/c13-10-4-3-9(19-10)12(18)16-6-1-2-8(14)7(5-6)11(15)17/h1-5H,(H2,15,17)(H,16,18). The van der Waals surface area contributed by atoms with Crippen LogP contribution in [0.4, 0.5) is 10.1 Å². The van der Waals surface area contributed by atoms with E-state index in [1.54, 1.807) is 6.07 Å². The molecule has 3 N–H and O–H groups in total. The molecule has 19 heavy (non-hydrogen) atoms. The highest BCUT2D eigenvalue weighted by Crippen LogP contribution is 2.18. The van der Waals surface area contributed by atoms with E-state index in [1.165, 1.54) is 12.1 Å². The molecule has 2 aromatic rings. The zero-order valence-corrected chi connectivity index (χ0v) is 11.0. The number of hydrogen-bond acceptors (Lipinski definition) is 3. The summed E-state index contributed by atoms with van der Waals surface area (Å²) in [5, 5.41) is 2.47. The number of benzene rings is 1. The minimum atomic E-state index is -0.908. The fourth-order valence-electron chi connectivity index (χ4n) is 1.42. The Kier molecular flexibility index (Phi) is 3.66. The summed E-state index contributed by atoms with van der Waals surface area (Å²) in [5.74, 6) is -2.09. The Labute approximate surface area is 115 Å². The van der Waals surface area contributed by atoms with E-state index in [9.17, 15) is 14.0 Å². The first-order valence-corrected chi connectivity index (χ1v) is 5.92. The molecule has 98 valence electrons. The topological polar surface area (TPSA) is 85.3 Å². The van der Waals surface area contributed by atoms with Gasteiger partial charge in [-0.1, -0.05) is 0 Å². The average molecular weight is 327 g/mol. The summed E-state index contributed by atoms with van der Waals surface area (Å²) in [5.41, 5.74) is 4.96. The summed E-state index contributed by atoms with van der Waals surface area (Å²) in [6.45, 7) is 0. The van der Waals surface area contributed by atoms with Crippen molar-refractivity contribution in [2.24, 2.45) is 5.73 Å². The predicted molar refractivity (Wildman–Crippen MR) is 69.3 cm³/mol. The van der Waals surface area contributed by atoms with Gasteiger partial charge >= 0.3 is 0 Å². The minimum Gasteiger partial charge on any atom is -0.444 e. The van der Waals surface area contributed by atoms with Crippen LogP contribution in [0.15, 0.2) is 39.4 Å². The lowest BCUT2D eigenvalue weighted by atomic mass is 10.1. The van der Waals surface area contributed by atoms with Gasteiger partial charge in [0, 0.05) is 5.69 Å². The number of halogens is 2. The lowest BCUT2D eigenvalue weighted by molar-refractivity contribution is 0.0985. The predicted octanol–water partition coefficient (Wildman–Crippen LogP) is 2.53. The number of hydrogen-bond donors (Lipinski definition) is 2. The second kappa shape index (κ2) is 5.23. The monoisotopic (exact) mass is 326 g/mol. The molecule has 0 aliphatic rings. The normalized spacial score (nSPS) is 10.2. The summed E-state index contributed by atoms with van der Waals surface area (Å²) in [6, 6.07) is 6.56. The molecule has 0 fully saturated rings. The maximum absolute atomic E-state index is 13.2. The molecule has 1 aromatic carbocycles. The van der Waals surface area contributed by atoms with E-state index >= 15 is 0 Å². The van der Waals surface area contributed by atoms with E-state index in [0.29, 0.717) is 4.67 Å². The van der Waals surface area contributed by atoms with Crippen molar-refractivity contribution in [2.75, 3.05) is 5.32 Å². The Hall–Kier alpha value is -2.15. The lowest BCUT2D eigenvalue weighted by Gasteiger charge is -2.05. The van der Waals surface area contributed by atoms with Gasteiger partial charge in [0.05, 0.1) is 5.56 Å². The zero-order chi connectivity index (χ0) is 14.0. The van der Waals surface area contributed by atoms with Gasteiger partial charge in [0.1, 0.15) is 5.82 Å². The molecule has 0 radical (unpaired) electrons. The highest BCUT2D eigenvalue weighted by atomic mass is 79.9. The van der Waals surface area contributed by atoms with Gasteiger partial charge < -0.3 is 15.5 Å². The molecule has 0 bridgehead atoms. The molecule has 1 aromatic heterocycles. The van der Waals surface area contributed by atoms with Crippen LogP contribution in [-0.4, -0.2) is 11.8 Å². The molecule has 0 aliphatic heterocycles. The average Bonchev–Trinajstić information content (AvgIpc) is 2.78. The third kappa shape index (κ3) is 3.00. The Morgan fingerprint density at radius 1 is 1.26 bits per heavy atom. The molecule has 0 saturated carbocycles. The van der Waals surface area contributed by atoms with Crippen LogP contribution in [0.3, 0.4) is 0 Å². The lowest BCUT2D eigenvalue weighted by Crippen LogP contribution is -2.15. The van der Waals surface area contributed by atoms with E-state index in [-0.39, 0.29) is 17.0 Å². The number of rotatable bonds is 3. The van der Waals surface area contributed by atoms with Crippen molar-refractivity contribution in [1.82, 2.24) is 0 Å². The van der Waals surface area contributed by atoms with E-state index < -0.39 is 17.6 Å². The van der Waals surface area contributed by atoms with Crippen molar-refractivity contribution in [3.8, 4) is 0 Å². The Morgan fingerprint density at radius 2 is 2.00 bits per heavy atom. The second-order valence-electron chi connectivity index (χ2n) is 3.62. The number of furan rings is 1. The molecule has 0 aliphatic carbocycles. The number of primary amides is 1. The quantitative estimate of drug-likeness (QED) is 0.908. The van der Waals surface area contributed by atoms with Crippen LogP contribution in [0.2, 0.25) is 0 Å². The van der Waals surface area contributed by atoms with Gasteiger partial charge in [-0.05, 0) is 46.3 Å². The van der Waals surface area contributed by atoms with E-state index in [1.807, 2.05) is 0 Å². The highest BCUT2D eigenvalue weighted by molar-refractivity contribution is 9.10. The van der Waals surface area contributed by atoms with Crippen LogP contribution in [0.5, 0.6) is 0 Å². The third-order valence-corrected chi connectivity index (χ3v) is 2.71. The van der Waals surface area contributed by atoms with E-state index in [0.717, 1.165) is 12.1 Å². The van der Waals surface area contributed by atoms with Gasteiger partial charge in [-0.25, -0.2) is 4.39 Å². The van der Waals surface area contributed by atoms with Crippen LogP contribution in [0.25, 0.3) is 0 Å². The number of nitrogens with two attached hydrogens (primary N) is 1. The van der Waals surface area contributed by atoms with Crippen molar-refractivity contribution >= 4 is 33.4 Å². The number of nitrogens with one attached hydrogen (secondary N) is 1. The molecule has 2 amide bonds. The fraction of sp³-hybridized carbons (Fsp3) is 0. The van der Waals surface area contributed by atoms with Crippen molar-refractivity contribution in [3.63, 3.8) is 0 Å². The molecular formula is C12H8BrFN2O3. The van der Waals surface area contributed by atoms with E-state index in [4.69, 9.17) is 10.2 Å². The first-order chi connectivity index (χ1) is 8.97. The van der Waals surface area contributed by atoms with Crippen molar-refractivity contribution in [2.45, 2.75) is 0 Å². The molecular weight excluding hydrogens is 319 g/mol. The van der Waals surface area contributed by atoms with Crippen LogP contribution in [0, 0.1) is 5.82 Å². The first kappa shape index (κ1) is 13.3. The fourth-order valence-corrected chi connectivity index (χ4v) is 1.73. The third-order valence-electron chi connectivity index (χ3n) is 2.29. The van der Waals surface area contributed by atoms with Crippen LogP contribution in [0.1, 0.15) is 20.9 Å². The van der Waals surface area contributed by atoms with Crippen LogP contribution in [-0.2, 0) is 0 Å². The maximum Gasteiger partial charge on any atom is 0.291 e. The molecule has 0 spiro atoms. The molecule has 0 unspecified atom stereocenters. The number of amides is 2. The summed E-state index contributed by atoms with van der Waals surface area (Å²) < 4.78 is 18.7. The molecule has 1 heterocycles. The summed E-state index contributed by atoms with van der Waals surface area (Å²) in [4.78, 5) is 22.7. The van der Waals surface area contributed by atoms with Crippen molar-refractivity contribution in [3.05, 3.63) is 52.1 Å². The zero-order valence-electron chi connectivity index (χ0n) is 9.44. The summed E-state index contributed by atoms with van der Waals surface area (Å²) in [6.07, 6.45) is 0. The second-order valence-corrected chi connectivity index (χ2v) is 4.40. The first-order valence-electron chi connectivity index (χ1n) is 5.13. The smallest absolute Gasteiger partial charge is 0.291 e. The van der Waals surface area contributed by atoms with Gasteiger partial charge in [0.25, 0.3) is 11.8 Å². The number of anilines is 1. The van der Waals surface area contributed by atoms with E-state index in [2.05, 4.69) is 21.2 Å². The van der Waals surface area contributed by atoms with Gasteiger partial charge in [-0.15, -0.1) is 0 Å². The summed E-state index contributed by atoms with van der Waals surface area (Å²) in [7, 11) is 0. The maximum atomic E-state index is 13.2. The van der Waals surface area contributed by atoms with Crippen LogP contribution >= 0.6 is 15.9 Å². The van der Waals surface area contributed by atoms with Gasteiger partial charge in [0.2, 0.25) is 0 Å². The summed E-state index contributed by atoms with van der Waals surface area (Å²) >= 11 is 3.07. The number of carbonyl (C=O) groups excluding carboxylic acids is 2. The molecule has 0 saturated heterocycles. The highest BCUT2D eigenvalue weighted by Gasteiger charge is 2.13. The van der Waals surface area contributed by atoms with Crippen molar-refractivity contribution < 1.29 is 18.4 Å². The Bertz CT molecular complexity index is 654. The van der Waals surface area contributed by atoms with Gasteiger partial charge in [-0.2, -0.15) is 0 Å². The Morgan fingerprint density at radius 3 is 2.58 bits per heavy atom. The molecule has 5 nitrogen and oxygen atoms in total. The molecule has 7 heteroatoms. The Balaban J connectivity index is 2.22.